The van der Waals surface area contributed by atoms with Gasteiger partial charge in [-0.2, -0.15) is 12.6 Å². The van der Waals surface area contributed by atoms with Crippen LogP contribution in [0.3, 0.4) is 0 Å². The van der Waals surface area contributed by atoms with Crippen LogP contribution in [0.2, 0.25) is 5.02 Å². The van der Waals surface area contributed by atoms with E-state index in [9.17, 15) is 29.4 Å². The molecule has 2 heterocycles. The van der Waals surface area contributed by atoms with Crippen molar-refractivity contribution >= 4 is 53.8 Å². The number of hydrogen-bond donors (Lipinski definition) is 4. The summed E-state index contributed by atoms with van der Waals surface area (Å²) in [5.74, 6) is -1.96. The Balaban J connectivity index is 2.09. The van der Waals surface area contributed by atoms with Crippen LogP contribution in [0.4, 0.5) is 10.5 Å². The maximum absolute atomic E-state index is 14.1. The third kappa shape index (κ3) is 11.6. The van der Waals surface area contributed by atoms with E-state index < -0.39 is 70.7 Å². The Kier molecular flexibility index (Phi) is 14.9. The Bertz CT molecular complexity index is 1580. The Labute approximate surface area is 323 Å². The fourth-order valence-corrected chi connectivity index (χ4v) is 6.88. The predicted octanol–water partition coefficient (Wildman–Crippen LogP) is 4.99. The van der Waals surface area contributed by atoms with Gasteiger partial charge in [0.1, 0.15) is 35.1 Å². The number of anilines is 1. The lowest BCUT2D eigenvalue weighted by Gasteiger charge is -2.43. The normalized spacial score (nSPS) is 29.5. The van der Waals surface area contributed by atoms with Gasteiger partial charge in [-0.15, -0.1) is 0 Å². The van der Waals surface area contributed by atoms with Gasteiger partial charge < -0.3 is 39.0 Å². The van der Waals surface area contributed by atoms with E-state index in [4.69, 9.17) is 30.5 Å². The fourth-order valence-electron chi connectivity index (χ4n) is 6.45. The van der Waals surface area contributed by atoms with Crippen molar-refractivity contribution in [2.45, 2.75) is 120 Å². The SMILES string of the molecule is COc1cc2cc(c1Cl)N(C)C(=O)C[C@H](OC(=O)[C@H](C)N(C)C(=O)CCC(C)(C)S)[C@](C)(O)C[C@H](C)[C@@H]1C[C@@](O)(NC(=O)O1)[C@H](OC)/C=C/C=C(/C)C2. The van der Waals surface area contributed by atoms with Gasteiger partial charge in [-0.1, -0.05) is 56.2 Å². The number of carbonyl (C=O) groups is 4. The lowest BCUT2D eigenvalue weighted by atomic mass is 9.81. The Morgan fingerprint density at radius 3 is 2.49 bits per heavy atom. The lowest BCUT2D eigenvalue weighted by molar-refractivity contribution is -0.176. The molecule has 13 nitrogen and oxygen atoms in total. The first kappa shape index (κ1) is 44.1. The predicted molar refractivity (Wildman–Crippen MR) is 205 cm³/mol. The second kappa shape index (κ2) is 17.9. The van der Waals surface area contributed by atoms with E-state index >= 15 is 0 Å². The molecule has 0 unspecified atom stereocenters. The number of alkyl carbamates (subject to hydrolysis) is 1. The highest BCUT2D eigenvalue weighted by atomic mass is 35.5. The second-order valence-electron chi connectivity index (χ2n) is 15.2. The highest BCUT2D eigenvalue weighted by Crippen LogP contribution is 2.38. The van der Waals surface area contributed by atoms with Crippen molar-refractivity contribution in [3.63, 3.8) is 0 Å². The van der Waals surface area contributed by atoms with Crippen LogP contribution in [0.25, 0.3) is 0 Å². The van der Waals surface area contributed by atoms with Crippen molar-refractivity contribution < 1.29 is 48.3 Å². The van der Waals surface area contributed by atoms with E-state index in [1.807, 2.05) is 26.8 Å². The zero-order chi connectivity index (χ0) is 40.1. The molecule has 0 aliphatic carbocycles. The minimum atomic E-state index is -1.88. The van der Waals surface area contributed by atoms with E-state index in [1.54, 1.807) is 31.2 Å². The summed E-state index contributed by atoms with van der Waals surface area (Å²) in [7, 11) is 5.88. The summed E-state index contributed by atoms with van der Waals surface area (Å²) >= 11 is 11.2. The highest BCUT2D eigenvalue weighted by molar-refractivity contribution is 7.81. The zero-order valence-corrected chi connectivity index (χ0v) is 34.0. The standard InChI is InChI=1S/C38H56ClN3O10S/c1-22-12-11-13-29(50-10)38(48)21-28(51-35(46)40-38)23(2)20-37(6,47)30(52-34(45)24(3)41(7)31(43)14-15-36(4,5)53)19-32(44)42(8)26-17-25(16-22)18-27(49-9)33(26)39/h11-13,17-18,23-24,28-30,47-48,53H,14-16,19-21H2,1-10H3,(H,40,46)/b13-11+,22-12-/t23-,24-,28-,29+,30-,37+,38-/m0/s1. The highest BCUT2D eigenvalue weighted by Gasteiger charge is 2.48. The summed E-state index contributed by atoms with van der Waals surface area (Å²) < 4.78 is 22.3. The van der Waals surface area contributed by atoms with E-state index in [0.29, 0.717) is 24.3 Å². The summed E-state index contributed by atoms with van der Waals surface area (Å²) in [4.78, 5) is 56.1. The van der Waals surface area contributed by atoms with Gasteiger partial charge in [0, 0.05) is 38.8 Å². The van der Waals surface area contributed by atoms with Crippen molar-refractivity contribution in [2.75, 3.05) is 33.2 Å². The molecule has 296 valence electrons. The van der Waals surface area contributed by atoms with E-state index in [1.165, 1.54) is 52.0 Å². The number of esters is 1. The molecule has 0 aromatic heterocycles. The van der Waals surface area contributed by atoms with Crippen LogP contribution >= 0.6 is 24.2 Å². The van der Waals surface area contributed by atoms with Gasteiger partial charge in [-0.3, -0.25) is 14.9 Å². The molecule has 0 saturated carbocycles. The van der Waals surface area contributed by atoms with Crippen LogP contribution in [0, 0.1) is 5.92 Å². The molecule has 1 aromatic rings. The molecule has 0 radical (unpaired) electrons. The number of benzene rings is 1. The number of likely N-dealkylation sites (N-methyl/N-ethyl adjacent to an activating group) is 1. The second-order valence-corrected chi connectivity index (χ2v) is 16.8. The molecule has 4 bridgehead atoms. The molecule has 53 heavy (non-hydrogen) atoms. The third-order valence-electron chi connectivity index (χ3n) is 9.95. The average molecular weight is 782 g/mol. The van der Waals surface area contributed by atoms with E-state index in [-0.39, 0.29) is 30.2 Å². The first-order valence-corrected chi connectivity index (χ1v) is 18.5. The van der Waals surface area contributed by atoms with Crippen molar-refractivity contribution in [1.29, 1.82) is 0 Å². The third-order valence-corrected chi connectivity index (χ3v) is 10.6. The molecular weight excluding hydrogens is 726 g/mol. The minimum absolute atomic E-state index is 0.106. The monoisotopic (exact) mass is 781 g/mol. The van der Waals surface area contributed by atoms with Crippen molar-refractivity contribution in [3.05, 3.63) is 46.5 Å². The molecule has 3 rings (SSSR count). The minimum Gasteiger partial charge on any atom is -0.495 e. The molecular formula is C38H56ClN3O10S. The Hall–Kier alpha value is -3.30. The molecule has 1 fully saturated rings. The summed E-state index contributed by atoms with van der Waals surface area (Å²) in [6, 6.07) is 2.46. The van der Waals surface area contributed by atoms with Gasteiger partial charge in [0.2, 0.25) is 11.8 Å². The molecule has 1 aromatic carbocycles. The van der Waals surface area contributed by atoms with Crippen molar-refractivity contribution in [3.8, 4) is 5.75 Å². The molecule has 3 amide bonds. The fraction of sp³-hybridized carbons (Fsp3) is 0.632. The van der Waals surface area contributed by atoms with Gasteiger partial charge in [-0.25, -0.2) is 9.59 Å². The maximum atomic E-state index is 14.1. The maximum Gasteiger partial charge on any atom is 0.409 e. The number of halogens is 1. The van der Waals surface area contributed by atoms with Crippen molar-refractivity contribution in [1.82, 2.24) is 10.2 Å². The average Bonchev–Trinajstić information content (AvgIpc) is 3.06. The number of hydrogen-bond acceptors (Lipinski definition) is 11. The molecule has 7 atom stereocenters. The number of amides is 3. The number of ether oxygens (including phenoxy) is 4. The van der Waals surface area contributed by atoms with Gasteiger partial charge >= 0.3 is 12.1 Å². The molecule has 2 aliphatic rings. The first-order valence-electron chi connectivity index (χ1n) is 17.6. The molecule has 15 heteroatoms. The van der Waals surface area contributed by atoms with E-state index in [2.05, 4.69) is 17.9 Å². The van der Waals surface area contributed by atoms with Gasteiger partial charge in [0.25, 0.3) is 0 Å². The summed E-state index contributed by atoms with van der Waals surface area (Å²) in [5.41, 5.74) is -1.73. The largest absolute Gasteiger partial charge is 0.495 e. The number of methoxy groups -OCH3 is 2. The summed E-state index contributed by atoms with van der Waals surface area (Å²) in [6.45, 7) is 10.3. The van der Waals surface area contributed by atoms with Crippen LogP contribution in [0.15, 0.2) is 35.9 Å². The number of rotatable bonds is 8. The summed E-state index contributed by atoms with van der Waals surface area (Å²) in [5, 5.41) is 26.4. The Morgan fingerprint density at radius 2 is 1.89 bits per heavy atom. The number of allylic oxidation sites excluding steroid dienone is 3. The Morgan fingerprint density at radius 1 is 1.23 bits per heavy atom. The van der Waals surface area contributed by atoms with Gasteiger partial charge in [0.05, 0.1) is 24.8 Å². The number of aliphatic hydroxyl groups is 2. The number of nitrogens with one attached hydrogen (secondary N) is 1. The number of thiol groups is 1. The van der Waals surface area contributed by atoms with Crippen LogP contribution < -0.4 is 15.0 Å². The van der Waals surface area contributed by atoms with Crippen LogP contribution in [0.1, 0.15) is 79.2 Å². The van der Waals surface area contributed by atoms with E-state index in [0.717, 1.165) is 11.1 Å². The molecule has 3 N–H and O–H groups in total. The number of carbonyl (C=O) groups excluding carboxylic acids is 4. The van der Waals surface area contributed by atoms with Gasteiger partial charge in [0.15, 0.2) is 5.72 Å². The molecule has 1 saturated heterocycles. The van der Waals surface area contributed by atoms with Crippen LogP contribution in [0.5, 0.6) is 5.75 Å². The molecule has 2 aliphatic heterocycles. The van der Waals surface area contributed by atoms with Crippen molar-refractivity contribution in [2.24, 2.45) is 5.92 Å². The van der Waals surface area contributed by atoms with Gasteiger partial charge in [-0.05, 0) is 63.6 Å². The lowest BCUT2D eigenvalue weighted by Crippen LogP contribution is -2.63. The summed E-state index contributed by atoms with van der Waals surface area (Å²) in [6.07, 6.45) is 1.32. The quantitative estimate of drug-likeness (QED) is 0.209. The zero-order valence-electron chi connectivity index (χ0n) is 32.4. The first-order chi connectivity index (χ1) is 24.5. The smallest absolute Gasteiger partial charge is 0.409 e. The number of nitrogens with zero attached hydrogens (tertiary/aromatic N) is 2. The number of fused-ring (bicyclic) bond motifs is 4. The van der Waals surface area contributed by atoms with Crippen LogP contribution in [-0.2, 0) is 35.0 Å². The van der Waals surface area contributed by atoms with Crippen LogP contribution in [-0.4, -0.2) is 108 Å². The topological polar surface area (TPSA) is 164 Å². The molecule has 0 spiro atoms.